The Morgan fingerprint density at radius 1 is 0.730 bits per heavy atom. The molecule has 4 aromatic carbocycles. The molecule has 0 aromatic heterocycles. The van der Waals surface area contributed by atoms with Crippen molar-refractivity contribution in [1.82, 2.24) is 0 Å². The number of allylic oxidation sites excluding steroid dienone is 1. The largest absolute Gasteiger partial charge is 0.425 e. The van der Waals surface area contributed by atoms with Crippen LogP contribution >= 0.6 is 0 Å². The summed E-state index contributed by atoms with van der Waals surface area (Å²) in [6.07, 6.45) is 2.04. The smallest absolute Gasteiger partial charge is 0.319 e. The molecule has 2 amide bonds. The van der Waals surface area contributed by atoms with Crippen LogP contribution in [-0.2, 0) is 14.4 Å². The van der Waals surface area contributed by atoms with Gasteiger partial charge in [0.2, 0.25) is 11.8 Å². The number of esters is 1. The average Bonchev–Trinajstić information content (AvgIpc) is 3.18. The first-order valence-corrected chi connectivity index (χ1v) is 12.5. The van der Waals surface area contributed by atoms with Crippen molar-refractivity contribution in [3.63, 3.8) is 0 Å². The SMILES string of the molecule is Cc1ccccc1N1C(=O)[C@@H]2[C@@H]3C(=O)Oc4ccc5ccccc5c4C3=C[C@@H](c3ccccc3)[C@@H]2C1=O. The second kappa shape index (κ2) is 8.00. The molecule has 2 heterocycles. The van der Waals surface area contributed by atoms with Gasteiger partial charge in [0.1, 0.15) is 5.75 Å². The van der Waals surface area contributed by atoms with Crippen LogP contribution in [0, 0.1) is 24.7 Å². The van der Waals surface area contributed by atoms with E-state index in [9.17, 15) is 14.4 Å². The lowest BCUT2D eigenvalue weighted by atomic mass is 9.64. The van der Waals surface area contributed by atoms with Gasteiger partial charge >= 0.3 is 5.97 Å². The number of carbonyl (C=O) groups excluding carboxylic acids is 3. The Kier molecular flexibility index (Phi) is 4.70. The van der Waals surface area contributed by atoms with Gasteiger partial charge in [-0.05, 0) is 46.5 Å². The molecule has 4 atom stereocenters. The van der Waals surface area contributed by atoms with Crippen molar-refractivity contribution in [3.8, 4) is 5.75 Å². The Morgan fingerprint density at radius 3 is 2.24 bits per heavy atom. The second-order valence-corrected chi connectivity index (χ2v) is 9.97. The van der Waals surface area contributed by atoms with Crippen LogP contribution in [0.2, 0.25) is 0 Å². The molecule has 0 radical (unpaired) electrons. The van der Waals surface area contributed by atoms with Crippen LogP contribution in [-0.4, -0.2) is 17.8 Å². The maximum Gasteiger partial charge on any atom is 0.319 e. The number of carbonyl (C=O) groups is 3. The molecule has 0 bridgehead atoms. The molecule has 1 aliphatic carbocycles. The van der Waals surface area contributed by atoms with Gasteiger partial charge in [-0.25, -0.2) is 4.90 Å². The first kappa shape index (κ1) is 21.7. The molecular weight excluding hydrogens is 462 g/mol. The highest BCUT2D eigenvalue weighted by atomic mass is 16.5. The molecule has 2 aliphatic heterocycles. The summed E-state index contributed by atoms with van der Waals surface area (Å²) in [5, 5.41) is 1.98. The molecule has 0 N–H and O–H groups in total. The van der Waals surface area contributed by atoms with Gasteiger partial charge in [-0.3, -0.25) is 14.4 Å². The lowest BCUT2D eigenvalue weighted by Gasteiger charge is -2.38. The molecule has 1 saturated heterocycles. The van der Waals surface area contributed by atoms with Crippen LogP contribution in [0.1, 0.15) is 22.6 Å². The number of aryl methyl sites for hydroxylation is 1. The lowest BCUT2D eigenvalue weighted by Crippen LogP contribution is -2.42. The first-order valence-electron chi connectivity index (χ1n) is 12.5. The number of fused-ring (bicyclic) bond motifs is 7. The van der Waals surface area contributed by atoms with Gasteiger partial charge in [-0.15, -0.1) is 0 Å². The molecule has 0 saturated carbocycles. The average molecular weight is 486 g/mol. The van der Waals surface area contributed by atoms with Crippen molar-refractivity contribution in [2.75, 3.05) is 4.90 Å². The van der Waals surface area contributed by atoms with Crippen molar-refractivity contribution >= 4 is 39.8 Å². The van der Waals surface area contributed by atoms with E-state index in [0.29, 0.717) is 11.4 Å². The van der Waals surface area contributed by atoms with E-state index in [-0.39, 0.29) is 17.7 Å². The van der Waals surface area contributed by atoms with Crippen molar-refractivity contribution in [2.45, 2.75) is 12.8 Å². The fourth-order valence-corrected chi connectivity index (χ4v) is 6.38. The summed E-state index contributed by atoms with van der Waals surface area (Å²) in [6.45, 7) is 1.88. The minimum Gasteiger partial charge on any atom is -0.425 e. The zero-order valence-electron chi connectivity index (χ0n) is 20.1. The van der Waals surface area contributed by atoms with Crippen LogP contribution < -0.4 is 9.64 Å². The number of ether oxygens (including phenoxy) is 1. The summed E-state index contributed by atoms with van der Waals surface area (Å²) in [4.78, 5) is 43.0. The van der Waals surface area contributed by atoms with Gasteiger partial charge in [0, 0.05) is 11.5 Å². The predicted octanol–water partition coefficient (Wildman–Crippen LogP) is 5.67. The summed E-state index contributed by atoms with van der Waals surface area (Å²) in [7, 11) is 0. The fraction of sp³-hybridized carbons (Fsp3) is 0.156. The Balaban J connectivity index is 1.48. The van der Waals surface area contributed by atoms with E-state index in [2.05, 4.69) is 0 Å². The number of imide groups is 1. The van der Waals surface area contributed by atoms with Gasteiger partial charge in [-0.2, -0.15) is 0 Å². The van der Waals surface area contributed by atoms with Gasteiger partial charge in [0.15, 0.2) is 0 Å². The predicted molar refractivity (Wildman–Crippen MR) is 141 cm³/mol. The maximum atomic E-state index is 14.1. The second-order valence-electron chi connectivity index (χ2n) is 9.97. The molecule has 1 fully saturated rings. The quantitative estimate of drug-likeness (QED) is 0.209. The Morgan fingerprint density at radius 2 is 1.43 bits per heavy atom. The number of rotatable bonds is 2. The standard InChI is InChI=1S/C32H23NO4/c1-18-9-5-8-14-24(18)33-30(34)27-22(19-10-3-2-4-11-19)17-23-26-21-13-7-6-12-20(21)15-16-25(26)37-32(36)28(23)29(27)31(33)35/h2-17,22,27-29H,1H3/t22-,27-,28+,29-/m0/s1. The Labute approximate surface area is 214 Å². The molecule has 7 rings (SSSR count). The fourth-order valence-electron chi connectivity index (χ4n) is 6.38. The van der Waals surface area contributed by atoms with E-state index in [4.69, 9.17) is 4.74 Å². The Hall–Kier alpha value is -4.51. The third kappa shape index (κ3) is 3.07. The van der Waals surface area contributed by atoms with E-state index in [1.807, 2.05) is 97.9 Å². The summed E-state index contributed by atoms with van der Waals surface area (Å²) in [5.74, 6) is -3.38. The number of amides is 2. The minimum absolute atomic E-state index is 0.273. The van der Waals surface area contributed by atoms with Crippen molar-refractivity contribution < 1.29 is 19.1 Å². The normalized spacial score (nSPS) is 24.3. The zero-order valence-corrected chi connectivity index (χ0v) is 20.1. The third-order valence-corrected chi connectivity index (χ3v) is 8.02. The van der Waals surface area contributed by atoms with Crippen molar-refractivity contribution in [2.24, 2.45) is 17.8 Å². The number of anilines is 1. The summed E-state index contributed by atoms with van der Waals surface area (Å²) in [6, 6.07) is 28.9. The Bertz CT molecular complexity index is 1650. The van der Waals surface area contributed by atoms with Gasteiger partial charge < -0.3 is 4.74 Å². The van der Waals surface area contributed by atoms with Gasteiger partial charge in [0.25, 0.3) is 0 Å². The topological polar surface area (TPSA) is 63.7 Å². The summed E-state index contributed by atoms with van der Waals surface area (Å²) in [5.41, 5.74) is 3.93. The molecule has 180 valence electrons. The number of para-hydroxylation sites is 1. The monoisotopic (exact) mass is 485 g/mol. The van der Waals surface area contributed by atoms with E-state index in [0.717, 1.165) is 33.0 Å². The van der Waals surface area contributed by atoms with Crippen molar-refractivity contribution in [1.29, 1.82) is 0 Å². The third-order valence-electron chi connectivity index (χ3n) is 8.02. The van der Waals surface area contributed by atoms with E-state index in [1.54, 1.807) is 6.07 Å². The molecule has 3 aliphatic rings. The van der Waals surface area contributed by atoms with Crippen LogP contribution in [0.15, 0.2) is 97.1 Å². The van der Waals surface area contributed by atoms with Gasteiger partial charge in [0.05, 0.1) is 23.4 Å². The first-order chi connectivity index (χ1) is 18.0. The van der Waals surface area contributed by atoms with E-state index in [1.165, 1.54) is 4.90 Å². The summed E-state index contributed by atoms with van der Waals surface area (Å²) < 4.78 is 5.85. The number of benzene rings is 4. The van der Waals surface area contributed by atoms with Crippen molar-refractivity contribution in [3.05, 3.63) is 114 Å². The highest BCUT2D eigenvalue weighted by molar-refractivity contribution is 6.25. The number of hydrogen-bond acceptors (Lipinski definition) is 4. The van der Waals surface area contributed by atoms with E-state index >= 15 is 0 Å². The molecule has 5 nitrogen and oxygen atoms in total. The van der Waals surface area contributed by atoms with Gasteiger partial charge in [-0.1, -0.05) is 84.9 Å². The lowest BCUT2D eigenvalue weighted by molar-refractivity contribution is -0.142. The zero-order chi connectivity index (χ0) is 25.3. The number of nitrogens with zero attached hydrogens (tertiary/aromatic N) is 1. The molecule has 4 aromatic rings. The highest BCUT2D eigenvalue weighted by Crippen LogP contribution is 2.55. The van der Waals surface area contributed by atoms with E-state index < -0.39 is 23.7 Å². The number of hydrogen-bond donors (Lipinski definition) is 0. The van der Waals surface area contributed by atoms with Crippen LogP contribution in [0.3, 0.4) is 0 Å². The molecule has 0 unspecified atom stereocenters. The molecule has 0 spiro atoms. The van der Waals surface area contributed by atoms with Crippen LogP contribution in [0.5, 0.6) is 5.75 Å². The van der Waals surface area contributed by atoms with Crippen LogP contribution in [0.25, 0.3) is 16.3 Å². The molecule has 37 heavy (non-hydrogen) atoms. The maximum absolute atomic E-state index is 14.1. The van der Waals surface area contributed by atoms with Crippen LogP contribution in [0.4, 0.5) is 5.69 Å². The summed E-state index contributed by atoms with van der Waals surface area (Å²) >= 11 is 0. The highest BCUT2D eigenvalue weighted by Gasteiger charge is 2.60. The molecular formula is C32H23NO4. The minimum atomic E-state index is -0.853. The molecule has 5 heteroatoms.